The average molecular weight is 426 g/mol. The molecule has 1 aliphatic heterocycles. The predicted octanol–water partition coefficient (Wildman–Crippen LogP) is 2.13. The number of amides is 2. The van der Waals surface area contributed by atoms with Gasteiger partial charge in [0.2, 0.25) is 11.8 Å². The van der Waals surface area contributed by atoms with Crippen LogP contribution in [0, 0.1) is 5.92 Å². The Hall–Kier alpha value is -3.33. The average Bonchev–Trinajstić information content (AvgIpc) is 3.31. The van der Waals surface area contributed by atoms with Gasteiger partial charge in [-0.15, -0.1) is 5.10 Å². The number of tetrazole rings is 1. The van der Waals surface area contributed by atoms with Gasteiger partial charge in [-0.25, -0.2) is 9.67 Å². The Bertz CT molecular complexity index is 1010. The number of nitrogens with one attached hydrogen (secondary N) is 1. The first-order chi connectivity index (χ1) is 14.6. The maximum Gasteiger partial charge on any atom is 0.230 e. The van der Waals surface area contributed by atoms with Gasteiger partial charge >= 0.3 is 0 Å². The van der Waals surface area contributed by atoms with Crippen molar-refractivity contribution in [1.29, 1.82) is 0 Å². The molecule has 1 atom stereocenters. The van der Waals surface area contributed by atoms with Crippen LogP contribution < -0.4 is 5.32 Å². The lowest BCUT2D eigenvalue weighted by atomic mass is 9.96. The molecule has 2 amide bonds. The molecule has 1 aliphatic rings. The van der Waals surface area contributed by atoms with Gasteiger partial charge in [-0.2, -0.15) is 0 Å². The minimum Gasteiger partial charge on any atom is -0.342 e. The van der Waals surface area contributed by atoms with Crippen LogP contribution >= 0.6 is 11.6 Å². The Morgan fingerprint density at radius 2 is 2.00 bits per heavy atom. The molecule has 1 N–H and O–H groups in total. The second-order valence-electron chi connectivity index (χ2n) is 7.13. The van der Waals surface area contributed by atoms with Gasteiger partial charge in [0.25, 0.3) is 0 Å². The highest BCUT2D eigenvalue weighted by Gasteiger charge is 2.28. The van der Waals surface area contributed by atoms with E-state index in [0.29, 0.717) is 23.9 Å². The van der Waals surface area contributed by atoms with Gasteiger partial charge in [0.1, 0.15) is 12.1 Å². The lowest BCUT2D eigenvalue weighted by Crippen LogP contribution is -2.44. The summed E-state index contributed by atoms with van der Waals surface area (Å²) < 4.78 is 1.55. The summed E-state index contributed by atoms with van der Waals surface area (Å²) in [6.07, 6.45) is 4.81. The van der Waals surface area contributed by atoms with Gasteiger partial charge in [0.15, 0.2) is 0 Å². The molecule has 0 aliphatic carbocycles. The summed E-state index contributed by atoms with van der Waals surface area (Å²) in [5, 5.41) is 14.4. The monoisotopic (exact) mass is 425 g/mol. The fourth-order valence-corrected chi connectivity index (χ4v) is 3.54. The van der Waals surface area contributed by atoms with Crippen LogP contribution in [0.5, 0.6) is 0 Å². The number of hydrogen-bond acceptors (Lipinski definition) is 6. The van der Waals surface area contributed by atoms with Crippen molar-refractivity contribution in [2.45, 2.75) is 19.3 Å². The number of benzene rings is 1. The molecule has 0 spiro atoms. The first-order valence-electron chi connectivity index (χ1n) is 9.61. The van der Waals surface area contributed by atoms with Crippen molar-refractivity contribution >= 4 is 29.2 Å². The predicted molar refractivity (Wildman–Crippen MR) is 110 cm³/mol. The number of likely N-dealkylation sites (tertiary alicyclic amines) is 1. The topological polar surface area (TPSA) is 106 Å². The van der Waals surface area contributed by atoms with Gasteiger partial charge in [0.05, 0.1) is 23.0 Å². The molecule has 154 valence electrons. The number of anilines is 1. The molecule has 0 radical (unpaired) electrons. The number of nitrogens with zero attached hydrogens (tertiary/aromatic N) is 6. The van der Waals surface area contributed by atoms with E-state index in [4.69, 9.17) is 11.6 Å². The second-order valence-corrected chi connectivity index (χ2v) is 7.56. The fourth-order valence-electron chi connectivity index (χ4n) is 3.43. The third-order valence-electron chi connectivity index (χ3n) is 5.03. The molecule has 1 aromatic carbocycles. The number of aromatic nitrogens is 5. The molecular weight excluding hydrogens is 406 g/mol. The van der Waals surface area contributed by atoms with Crippen LogP contribution in [-0.2, 0) is 16.0 Å². The van der Waals surface area contributed by atoms with Crippen molar-refractivity contribution in [3.63, 3.8) is 0 Å². The Kier molecular flexibility index (Phi) is 5.99. The molecule has 3 heterocycles. The Morgan fingerprint density at radius 3 is 2.70 bits per heavy atom. The number of rotatable bonds is 5. The third kappa shape index (κ3) is 4.80. The minimum atomic E-state index is -0.262. The normalized spacial score (nSPS) is 16.3. The van der Waals surface area contributed by atoms with Crippen molar-refractivity contribution in [2.75, 3.05) is 18.4 Å². The summed E-state index contributed by atoms with van der Waals surface area (Å²) in [4.78, 5) is 31.2. The summed E-state index contributed by atoms with van der Waals surface area (Å²) in [6, 6.07) is 10.8. The van der Waals surface area contributed by atoms with E-state index in [-0.39, 0.29) is 24.2 Å². The molecule has 0 saturated carbocycles. The number of carbonyl (C=O) groups excluding carboxylic acids is 2. The molecule has 1 unspecified atom stereocenters. The second kappa shape index (κ2) is 9.00. The highest BCUT2D eigenvalue weighted by Crippen LogP contribution is 2.20. The first-order valence-corrected chi connectivity index (χ1v) is 9.99. The van der Waals surface area contributed by atoms with Gasteiger partial charge in [-0.05, 0) is 53.1 Å². The molecule has 10 heteroatoms. The van der Waals surface area contributed by atoms with Crippen molar-refractivity contribution in [2.24, 2.45) is 5.92 Å². The molecule has 9 nitrogen and oxygen atoms in total. The van der Waals surface area contributed by atoms with Crippen LogP contribution in [0.2, 0.25) is 5.02 Å². The van der Waals surface area contributed by atoms with Crippen molar-refractivity contribution in [1.82, 2.24) is 30.1 Å². The molecule has 3 aromatic rings. The van der Waals surface area contributed by atoms with Crippen LogP contribution in [0.15, 0.2) is 48.9 Å². The quantitative estimate of drug-likeness (QED) is 0.671. The van der Waals surface area contributed by atoms with Crippen molar-refractivity contribution in [3.8, 4) is 5.69 Å². The third-order valence-corrected chi connectivity index (χ3v) is 5.25. The first kappa shape index (κ1) is 20.0. The maximum atomic E-state index is 12.8. The molecule has 1 fully saturated rings. The Balaban J connectivity index is 1.34. The zero-order valence-electron chi connectivity index (χ0n) is 16.1. The van der Waals surface area contributed by atoms with Gasteiger partial charge in [-0.1, -0.05) is 23.7 Å². The zero-order valence-corrected chi connectivity index (χ0v) is 16.9. The van der Waals surface area contributed by atoms with Gasteiger partial charge < -0.3 is 10.2 Å². The lowest BCUT2D eigenvalue weighted by Gasteiger charge is -2.32. The molecular formula is C20H20ClN7O2. The maximum absolute atomic E-state index is 12.8. The van der Waals surface area contributed by atoms with E-state index in [0.717, 1.165) is 24.1 Å². The molecule has 2 aromatic heterocycles. The molecule has 4 rings (SSSR count). The standard InChI is InChI=1S/C20H20ClN7O2/c21-16-5-8-18(22-11-16)24-20(30)15-2-1-9-27(12-15)19(29)10-14-3-6-17(7-4-14)28-13-23-25-26-28/h3-8,11,13,15H,1-2,9-10,12H2,(H,22,24,30). The van der Waals surface area contributed by atoms with Crippen molar-refractivity contribution in [3.05, 3.63) is 59.5 Å². The lowest BCUT2D eigenvalue weighted by molar-refractivity contribution is -0.133. The minimum absolute atomic E-state index is 0.00675. The van der Waals surface area contributed by atoms with E-state index in [9.17, 15) is 9.59 Å². The molecule has 30 heavy (non-hydrogen) atoms. The van der Waals surface area contributed by atoms with Crippen LogP contribution in [0.25, 0.3) is 5.69 Å². The van der Waals surface area contributed by atoms with E-state index in [1.54, 1.807) is 21.7 Å². The SMILES string of the molecule is O=C(Nc1ccc(Cl)cn1)C1CCCN(C(=O)Cc2ccc(-n3cnnn3)cc2)C1. The number of piperidine rings is 1. The number of carbonyl (C=O) groups is 2. The van der Waals surface area contributed by atoms with Gasteiger partial charge in [-0.3, -0.25) is 9.59 Å². The molecule has 0 bridgehead atoms. The summed E-state index contributed by atoms with van der Waals surface area (Å²) >= 11 is 5.82. The van der Waals surface area contributed by atoms with E-state index < -0.39 is 0 Å². The molecule has 1 saturated heterocycles. The largest absolute Gasteiger partial charge is 0.342 e. The summed E-state index contributed by atoms with van der Waals surface area (Å²) in [7, 11) is 0. The van der Waals surface area contributed by atoms with Crippen LogP contribution in [0.1, 0.15) is 18.4 Å². The fraction of sp³-hybridized carbons (Fsp3) is 0.300. The van der Waals surface area contributed by atoms with Crippen LogP contribution in [0.4, 0.5) is 5.82 Å². The van der Waals surface area contributed by atoms with E-state index >= 15 is 0 Å². The summed E-state index contributed by atoms with van der Waals surface area (Å²) in [6.45, 7) is 1.06. The zero-order chi connectivity index (χ0) is 20.9. The van der Waals surface area contributed by atoms with E-state index in [2.05, 4.69) is 25.8 Å². The highest BCUT2D eigenvalue weighted by molar-refractivity contribution is 6.30. The summed E-state index contributed by atoms with van der Waals surface area (Å²) in [5.74, 6) is 0.0679. The van der Waals surface area contributed by atoms with E-state index in [1.807, 2.05) is 24.3 Å². The van der Waals surface area contributed by atoms with Crippen LogP contribution in [-0.4, -0.2) is 55.0 Å². The Morgan fingerprint density at radius 1 is 1.17 bits per heavy atom. The van der Waals surface area contributed by atoms with Crippen LogP contribution in [0.3, 0.4) is 0 Å². The Labute approximate surface area is 178 Å². The smallest absolute Gasteiger partial charge is 0.230 e. The van der Waals surface area contributed by atoms with E-state index in [1.165, 1.54) is 12.5 Å². The number of halogens is 1. The van der Waals surface area contributed by atoms with Gasteiger partial charge in [0, 0.05) is 19.3 Å². The number of hydrogen-bond donors (Lipinski definition) is 1. The highest BCUT2D eigenvalue weighted by atomic mass is 35.5. The summed E-state index contributed by atoms with van der Waals surface area (Å²) in [5.41, 5.74) is 1.72. The number of pyridine rings is 1. The van der Waals surface area contributed by atoms with Crippen molar-refractivity contribution < 1.29 is 9.59 Å².